The molecule has 3 nitrogen and oxygen atoms in total. The first-order valence-corrected chi connectivity index (χ1v) is 10.1. The van der Waals surface area contributed by atoms with Gasteiger partial charge in [0, 0.05) is 34.2 Å². The normalized spacial score (nSPS) is 43.3. The third-order valence-corrected chi connectivity index (χ3v) is 7.54. The summed E-state index contributed by atoms with van der Waals surface area (Å²) in [4.78, 5) is 4.55. The van der Waals surface area contributed by atoms with E-state index in [0.717, 1.165) is 31.6 Å². The van der Waals surface area contributed by atoms with Gasteiger partial charge in [0.05, 0.1) is 5.25 Å². The first-order valence-electron chi connectivity index (χ1n) is 10.7. The molecular weight excluding hydrogens is 316 g/mol. The Hall–Kier alpha value is -1.00. The predicted molar refractivity (Wildman–Crippen MR) is 100 cm³/mol. The van der Waals surface area contributed by atoms with Crippen molar-refractivity contribution in [3.05, 3.63) is 34.0 Å². The van der Waals surface area contributed by atoms with Gasteiger partial charge in [-0.15, -0.1) is 11.8 Å². The van der Waals surface area contributed by atoms with Crippen LogP contribution < -0.4 is 5.32 Å². The molecule has 5 rings (SSSR count). The van der Waals surface area contributed by atoms with E-state index in [4.69, 9.17) is 8.85 Å². The van der Waals surface area contributed by atoms with E-state index < -0.39 is 6.85 Å². The summed E-state index contributed by atoms with van der Waals surface area (Å²) in [6.45, 7) is 1.01. The molecule has 0 aromatic carbocycles. The highest BCUT2D eigenvalue weighted by Crippen LogP contribution is 2.50. The fraction of sp³-hybridized carbons (Fsp3) is 0.650. The predicted octanol–water partition coefficient (Wildman–Crippen LogP) is 4.19. The lowest BCUT2D eigenvalue weighted by molar-refractivity contribution is 0.128. The molecule has 1 N–H and O–H groups in total. The average molecular weight is 346 g/mol. The van der Waals surface area contributed by atoms with Crippen LogP contribution in [0.1, 0.15) is 50.0 Å². The van der Waals surface area contributed by atoms with Gasteiger partial charge in [-0.05, 0) is 68.0 Å². The molecule has 0 amide bonds. The van der Waals surface area contributed by atoms with Crippen molar-refractivity contribution >= 4 is 17.5 Å². The standard InChI is InChI=1S/C20H26N2OS/c1-11-10-24-19-13(11)8-9-21-17(19)16-5-3-4-14-15-7-6-12(2)22-20(15)23-18(14)16/h8,10,14-15,17,19-21H,3-7,9H2,1-2H3/t14-,15?,17?,19-,20?/m0/s1/i2D3. The van der Waals surface area contributed by atoms with Crippen molar-refractivity contribution in [1.29, 1.82) is 0 Å². The van der Waals surface area contributed by atoms with Crippen LogP contribution >= 0.6 is 11.8 Å². The van der Waals surface area contributed by atoms with E-state index >= 15 is 0 Å². The summed E-state index contributed by atoms with van der Waals surface area (Å²) >= 11 is 1.92. The lowest BCUT2D eigenvalue weighted by Crippen LogP contribution is -2.44. The highest BCUT2D eigenvalue weighted by molar-refractivity contribution is 8.03. The summed E-state index contributed by atoms with van der Waals surface area (Å²) in [5.41, 5.74) is 4.62. The minimum absolute atomic E-state index is 0.294. The smallest absolute Gasteiger partial charge is 0.192 e. The molecule has 5 atom stereocenters. The quantitative estimate of drug-likeness (QED) is 0.774. The Balaban J connectivity index is 1.47. The van der Waals surface area contributed by atoms with Gasteiger partial charge in [-0.1, -0.05) is 6.08 Å². The molecule has 5 aliphatic rings. The third kappa shape index (κ3) is 2.26. The molecule has 4 heteroatoms. The second kappa shape index (κ2) is 5.77. The maximum Gasteiger partial charge on any atom is 0.192 e. The van der Waals surface area contributed by atoms with E-state index in [1.54, 1.807) is 0 Å². The summed E-state index contributed by atoms with van der Waals surface area (Å²) in [6, 6.07) is 0.313. The Labute approximate surface area is 152 Å². The zero-order chi connectivity index (χ0) is 18.8. The van der Waals surface area contributed by atoms with E-state index in [1.165, 1.54) is 23.1 Å². The largest absolute Gasteiger partial charge is 0.472 e. The minimum Gasteiger partial charge on any atom is -0.472 e. The van der Waals surface area contributed by atoms with E-state index in [1.807, 2.05) is 11.8 Å². The molecule has 128 valence electrons. The van der Waals surface area contributed by atoms with Crippen LogP contribution in [0.5, 0.6) is 0 Å². The number of fused-ring (bicyclic) bond motifs is 4. The number of ether oxygens (including phenoxy) is 1. The maximum atomic E-state index is 7.69. The van der Waals surface area contributed by atoms with Gasteiger partial charge in [0.1, 0.15) is 5.76 Å². The van der Waals surface area contributed by atoms with Crippen molar-refractivity contribution in [2.75, 3.05) is 6.54 Å². The number of hydrogen-bond donors (Lipinski definition) is 1. The molecule has 0 bridgehead atoms. The van der Waals surface area contributed by atoms with Gasteiger partial charge in [-0.3, -0.25) is 4.99 Å². The number of hydrogen-bond acceptors (Lipinski definition) is 4. The first-order chi connectivity index (χ1) is 12.9. The topological polar surface area (TPSA) is 33.6 Å². The van der Waals surface area contributed by atoms with Crippen molar-refractivity contribution in [1.82, 2.24) is 5.32 Å². The molecule has 3 unspecified atom stereocenters. The van der Waals surface area contributed by atoms with Crippen molar-refractivity contribution < 1.29 is 8.85 Å². The molecule has 1 saturated heterocycles. The Morgan fingerprint density at radius 2 is 2.33 bits per heavy atom. The van der Waals surface area contributed by atoms with Crippen molar-refractivity contribution in [3.63, 3.8) is 0 Å². The van der Waals surface area contributed by atoms with Gasteiger partial charge in [-0.2, -0.15) is 0 Å². The lowest BCUT2D eigenvalue weighted by Gasteiger charge is -2.35. The number of nitrogens with one attached hydrogen (secondary N) is 1. The molecule has 0 spiro atoms. The molecule has 1 aliphatic carbocycles. The molecule has 0 aromatic rings. The molecule has 4 aliphatic heterocycles. The van der Waals surface area contributed by atoms with Gasteiger partial charge >= 0.3 is 0 Å². The molecular formula is C20H26N2OS. The number of rotatable bonds is 1. The van der Waals surface area contributed by atoms with Gasteiger partial charge in [0.25, 0.3) is 0 Å². The average Bonchev–Trinajstić information content (AvgIpc) is 3.21. The Morgan fingerprint density at radius 3 is 3.25 bits per heavy atom. The fourth-order valence-corrected chi connectivity index (χ4v) is 6.41. The van der Waals surface area contributed by atoms with Gasteiger partial charge in [-0.25, -0.2) is 0 Å². The van der Waals surface area contributed by atoms with Gasteiger partial charge in [0.15, 0.2) is 6.23 Å². The van der Waals surface area contributed by atoms with Crippen LogP contribution in [0.3, 0.4) is 0 Å². The van der Waals surface area contributed by atoms with Crippen LogP contribution in [-0.2, 0) is 4.74 Å². The van der Waals surface area contributed by atoms with E-state index in [-0.39, 0.29) is 6.23 Å². The van der Waals surface area contributed by atoms with Crippen molar-refractivity contribution in [2.45, 2.75) is 63.4 Å². The second-order valence-corrected chi connectivity index (χ2v) is 8.59. The van der Waals surface area contributed by atoms with Crippen LogP contribution in [-0.4, -0.2) is 29.8 Å². The van der Waals surface area contributed by atoms with Crippen LogP contribution in [0.25, 0.3) is 0 Å². The van der Waals surface area contributed by atoms with Gasteiger partial charge < -0.3 is 10.1 Å². The lowest BCUT2D eigenvalue weighted by atomic mass is 9.76. The summed E-state index contributed by atoms with van der Waals surface area (Å²) in [6.07, 6.45) is 6.89. The van der Waals surface area contributed by atoms with Crippen LogP contribution in [0.2, 0.25) is 0 Å². The number of thioether (sulfide) groups is 1. The van der Waals surface area contributed by atoms with Crippen LogP contribution in [0.15, 0.2) is 39.0 Å². The van der Waals surface area contributed by atoms with E-state index in [2.05, 4.69) is 28.7 Å². The summed E-state index contributed by atoms with van der Waals surface area (Å²) in [5.74, 6) is 1.89. The summed E-state index contributed by atoms with van der Waals surface area (Å²) < 4.78 is 29.5. The number of nitrogens with zero attached hydrogens (tertiary/aromatic N) is 1. The monoisotopic (exact) mass is 345 g/mol. The van der Waals surface area contributed by atoms with E-state index in [9.17, 15) is 0 Å². The van der Waals surface area contributed by atoms with Crippen molar-refractivity contribution in [2.24, 2.45) is 16.8 Å². The Morgan fingerprint density at radius 1 is 1.38 bits per heavy atom. The molecule has 0 aromatic heterocycles. The van der Waals surface area contributed by atoms with Crippen molar-refractivity contribution in [3.8, 4) is 0 Å². The highest BCUT2D eigenvalue weighted by atomic mass is 32.2. The first kappa shape index (κ1) is 12.4. The zero-order valence-electron chi connectivity index (χ0n) is 17.0. The Kier molecular flexibility index (Phi) is 2.97. The highest BCUT2D eigenvalue weighted by Gasteiger charge is 2.47. The fourth-order valence-electron chi connectivity index (χ4n) is 5.07. The zero-order valence-corrected chi connectivity index (χ0v) is 14.9. The molecule has 0 saturated carbocycles. The summed E-state index contributed by atoms with van der Waals surface area (Å²) in [7, 11) is 0. The van der Waals surface area contributed by atoms with E-state index in [0.29, 0.717) is 35.3 Å². The van der Waals surface area contributed by atoms with Gasteiger partial charge in [0.2, 0.25) is 0 Å². The van der Waals surface area contributed by atoms with Crippen LogP contribution in [0, 0.1) is 11.8 Å². The maximum absolute atomic E-state index is 7.69. The minimum atomic E-state index is -2.09. The molecule has 24 heavy (non-hydrogen) atoms. The molecule has 4 heterocycles. The SMILES string of the molecule is [2H]C([2H])([2H])C1=NC2OC3=C(C4NCC=C5C(C)=CS[C@@H]54)CCC[C@H]3C2CC1. The third-order valence-electron chi connectivity index (χ3n) is 6.23. The Bertz CT molecular complexity index is 783. The van der Waals surface area contributed by atoms with Crippen LogP contribution in [0.4, 0.5) is 0 Å². The second-order valence-electron chi connectivity index (χ2n) is 7.58. The molecule has 0 radical (unpaired) electrons. The summed E-state index contributed by atoms with van der Waals surface area (Å²) in [5, 5.41) is 6.43. The number of aliphatic imine (C=N–C) groups is 1. The number of allylic oxidation sites excluding steroid dienone is 2. The molecule has 1 fully saturated rings.